The minimum atomic E-state index is -4.70. The van der Waals surface area contributed by atoms with E-state index in [9.17, 15) is 18.0 Å². The maximum Gasteiger partial charge on any atom is 0.412 e. The van der Waals surface area contributed by atoms with Crippen molar-refractivity contribution in [1.29, 1.82) is 0 Å². The van der Waals surface area contributed by atoms with Gasteiger partial charge in [0.15, 0.2) is 17.5 Å². The molecule has 152 valence electrons. The van der Waals surface area contributed by atoms with E-state index in [0.717, 1.165) is 17.3 Å². The molecule has 3 rings (SSSR count). The summed E-state index contributed by atoms with van der Waals surface area (Å²) in [5.41, 5.74) is 1.39. The number of ether oxygens (including phenoxy) is 1. The van der Waals surface area contributed by atoms with E-state index in [1.165, 1.54) is 24.4 Å². The van der Waals surface area contributed by atoms with Crippen LogP contribution in [0.25, 0.3) is 0 Å². The highest BCUT2D eigenvalue weighted by Gasteiger charge is 2.42. The van der Waals surface area contributed by atoms with E-state index in [1.54, 1.807) is 0 Å². The molecule has 1 N–H and O–H groups in total. The molecule has 1 amide bonds. The molecule has 1 aromatic carbocycles. The van der Waals surface area contributed by atoms with Gasteiger partial charge in [0.25, 0.3) is 5.91 Å². The fraction of sp³-hybridized carbons (Fsp3) is 0.250. The molecule has 1 atom stereocenters. The topological polar surface area (TPSA) is 77.2 Å². The molecule has 6 nitrogen and oxygen atoms in total. The Kier molecular flexibility index (Phi) is 5.86. The van der Waals surface area contributed by atoms with Crippen molar-refractivity contribution in [2.45, 2.75) is 32.7 Å². The molecule has 0 fully saturated rings. The summed E-state index contributed by atoms with van der Waals surface area (Å²) in [5.74, 6) is -0.135. The van der Waals surface area contributed by atoms with Crippen LogP contribution in [0.3, 0.4) is 0 Å². The summed E-state index contributed by atoms with van der Waals surface area (Å²) in [6, 6.07) is 7.30. The van der Waals surface area contributed by atoms with E-state index < -0.39 is 18.1 Å². The fourth-order valence-electron chi connectivity index (χ4n) is 2.76. The van der Waals surface area contributed by atoms with Crippen LogP contribution in [0.15, 0.2) is 53.3 Å². The van der Waals surface area contributed by atoms with Gasteiger partial charge in [0.2, 0.25) is 0 Å². The number of halogens is 3. The molecule has 0 aliphatic heterocycles. The van der Waals surface area contributed by atoms with Crippen LogP contribution in [0.1, 0.15) is 39.0 Å². The van der Waals surface area contributed by atoms with E-state index >= 15 is 0 Å². The second kappa shape index (κ2) is 8.34. The lowest BCUT2D eigenvalue weighted by molar-refractivity contribution is -0.155. The third kappa shape index (κ3) is 4.92. The normalized spacial score (nSPS) is 12.4. The molecule has 9 heteroatoms. The summed E-state index contributed by atoms with van der Waals surface area (Å²) < 4.78 is 50.8. The molecule has 0 spiro atoms. The van der Waals surface area contributed by atoms with Gasteiger partial charge in [-0.3, -0.25) is 9.78 Å². The Morgan fingerprint density at radius 3 is 2.55 bits per heavy atom. The van der Waals surface area contributed by atoms with Crippen molar-refractivity contribution in [2.24, 2.45) is 0 Å². The van der Waals surface area contributed by atoms with E-state index in [0.29, 0.717) is 5.75 Å². The second-order valence-electron chi connectivity index (χ2n) is 6.42. The summed E-state index contributed by atoms with van der Waals surface area (Å²) in [6.45, 7) is 3.76. The van der Waals surface area contributed by atoms with Gasteiger partial charge in [0.05, 0.1) is 0 Å². The van der Waals surface area contributed by atoms with Crippen LogP contribution < -0.4 is 10.1 Å². The average Bonchev–Trinajstić information content (AvgIpc) is 3.14. The number of aromatic nitrogens is 2. The van der Waals surface area contributed by atoms with Crippen LogP contribution >= 0.6 is 0 Å². The number of pyridine rings is 1. The number of benzene rings is 1. The number of hydrogen-bond donors (Lipinski definition) is 1. The van der Waals surface area contributed by atoms with Crippen molar-refractivity contribution in [2.75, 3.05) is 0 Å². The molecule has 2 heterocycles. The van der Waals surface area contributed by atoms with Crippen LogP contribution in [-0.2, 0) is 6.61 Å². The first-order chi connectivity index (χ1) is 13.8. The van der Waals surface area contributed by atoms with Crippen molar-refractivity contribution < 1.29 is 27.2 Å². The number of rotatable bonds is 6. The second-order valence-corrected chi connectivity index (χ2v) is 6.42. The zero-order chi connectivity index (χ0) is 21.0. The lowest BCUT2D eigenvalue weighted by Gasteiger charge is -2.21. The van der Waals surface area contributed by atoms with Crippen molar-refractivity contribution in [3.05, 3.63) is 76.9 Å². The maximum atomic E-state index is 13.4. The lowest BCUT2D eigenvalue weighted by atomic mass is 10.1. The zero-order valence-corrected chi connectivity index (χ0v) is 15.7. The van der Waals surface area contributed by atoms with Gasteiger partial charge in [-0.2, -0.15) is 13.2 Å². The number of nitrogens with zero attached hydrogens (tertiary/aromatic N) is 2. The first-order valence-corrected chi connectivity index (χ1v) is 8.68. The molecular formula is C20H18F3N3O3. The number of nitrogens with one attached hydrogen (secondary N) is 1. The molecule has 0 aliphatic carbocycles. The Morgan fingerprint density at radius 2 is 1.93 bits per heavy atom. The summed E-state index contributed by atoms with van der Waals surface area (Å²) in [4.78, 5) is 15.9. The maximum absolute atomic E-state index is 13.4. The standard InChI is InChI=1S/C20H18F3N3O3/c1-12-5-3-6-13(2)17(12)28-11-15-9-16(26-29-15)19(27)25-18(20(21,22)23)14-7-4-8-24-10-14/h3-10,18H,11H2,1-2H3,(H,25,27)/t18-/m0/s1. The Bertz CT molecular complexity index is 967. The smallest absolute Gasteiger partial charge is 0.412 e. The minimum Gasteiger partial charge on any atom is -0.485 e. The largest absolute Gasteiger partial charge is 0.485 e. The van der Waals surface area contributed by atoms with E-state index in [-0.39, 0.29) is 23.6 Å². The SMILES string of the molecule is Cc1cccc(C)c1OCc1cc(C(=O)N[C@@H](c2cccnc2)C(F)(F)F)no1. The molecule has 3 aromatic rings. The number of aryl methyl sites for hydroxylation is 2. The molecule has 0 saturated heterocycles. The van der Waals surface area contributed by atoms with Crippen molar-refractivity contribution in [3.8, 4) is 5.75 Å². The summed E-state index contributed by atoms with van der Waals surface area (Å²) >= 11 is 0. The van der Waals surface area contributed by atoms with Crippen molar-refractivity contribution >= 4 is 5.91 Å². The Morgan fingerprint density at radius 1 is 1.21 bits per heavy atom. The minimum absolute atomic E-state index is 0.0166. The molecule has 0 aliphatic rings. The predicted octanol–water partition coefficient (Wildman–Crippen LogP) is 4.30. The molecule has 0 radical (unpaired) electrons. The quantitative estimate of drug-likeness (QED) is 0.662. The Hall–Kier alpha value is -3.36. The van der Waals surface area contributed by atoms with Crippen molar-refractivity contribution in [3.63, 3.8) is 0 Å². The first kappa shape index (κ1) is 20.4. The third-order valence-electron chi connectivity index (χ3n) is 4.18. The van der Waals surface area contributed by atoms with Gasteiger partial charge in [-0.15, -0.1) is 0 Å². The van der Waals surface area contributed by atoms with Crippen LogP contribution in [0, 0.1) is 13.8 Å². The molecular weight excluding hydrogens is 387 g/mol. The van der Waals surface area contributed by atoms with Gasteiger partial charge in [-0.1, -0.05) is 29.4 Å². The Labute approximate surface area is 164 Å². The van der Waals surface area contributed by atoms with Gasteiger partial charge < -0.3 is 14.6 Å². The van der Waals surface area contributed by atoms with Crippen molar-refractivity contribution in [1.82, 2.24) is 15.5 Å². The summed E-state index contributed by atoms with van der Waals surface area (Å²) in [7, 11) is 0. The van der Waals surface area contributed by atoms with Gasteiger partial charge in [-0.05, 0) is 31.0 Å². The predicted molar refractivity (Wildman–Crippen MR) is 97.3 cm³/mol. The first-order valence-electron chi connectivity index (χ1n) is 8.68. The van der Waals surface area contributed by atoms with Crippen LogP contribution in [0.5, 0.6) is 5.75 Å². The number of amides is 1. The zero-order valence-electron chi connectivity index (χ0n) is 15.7. The molecule has 0 unspecified atom stereocenters. The Balaban J connectivity index is 1.70. The number of para-hydroxylation sites is 1. The van der Waals surface area contributed by atoms with E-state index in [2.05, 4.69) is 10.1 Å². The van der Waals surface area contributed by atoms with Gasteiger partial charge in [0, 0.05) is 24.0 Å². The monoisotopic (exact) mass is 405 g/mol. The third-order valence-corrected chi connectivity index (χ3v) is 4.18. The molecule has 2 aromatic heterocycles. The summed E-state index contributed by atoms with van der Waals surface area (Å²) in [5, 5.41) is 5.48. The highest BCUT2D eigenvalue weighted by molar-refractivity contribution is 5.92. The average molecular weight is 405 g/mol. The van der Waals surface area contributed by atoms with Crippen LogP contribution in [0.4, 0.5) is 13.2 Å². The highest BCUT2D eigenvalue weighted by atomic mass is 19.4. The lowest BCUT2D eigenvalue weighted by Crippen LogP contribution is -2.38. The van der Waals surface area contributed by atoms with Crippen LogP contribution in [0.2, 0.25) is 0 Å². The molecule has 0 saturated carbocycles. The molecule has 29 heavy (non-hydrogen) atoms. The number of carbonyl (C=O) groups is 1. The van der Waals surface area contributed by atoms with Gasteiger partial charge in [-0.25, -0.2) is 0 Å². The summed E-state index contributed by atoms with van der Waals surface area (Å²) in [6.07, 6.45) is -2.30. The van der Waals surface area contributed by atoms with E-state index in [4.69, 9.17) is 9.26 Å². The van der Waals surface area contributed by atoms with Gasteiger partial charge in [0.1, 0.15) is 12.4 Å². The molecule has 0 bridgehead atoms. The number of carbonyl (C=O) groups excluding carboxylic acids is 1. The fourth-order valence-corrected chi connectivity index (χ4v) is 2.76. The highest BCUT2D eigenvalue weighted by Crippen LogP contribution is 2.32. The number of alkyl halides is 3. The van der Waals surface area contributed by atoms with E-state index in [1.807, 2.05) is 37.4 Å². The van der Waals surface area contributed by atoms with Gasteiger partial charge >= 0.3 is 6.18 Å². The van der Waals surface area contributed by atoms with Crippen LogP contribution in [-0.4, -0.2) is 22.2 Å². The number of hydrogen-bond acceptors (Lipinski definition) is 5.